The predicted molar refractivity (Wildman–Crippen MR) is 120 cm³/mol. The molecule has 1 fully saturated rings. The van der Waals surface area contributed by atoms with Crippen LogP contribution >= 0.6 is 12.2 Å². The molecule has 150 valence electrons. The lowest BCUT2D eigenvalue weighted by atomic mass is 10.2. The van der Waals surface area contributed by atoms with Gasteiger partial charge < -0.3 is 19.4 Å². The minimum Gasteiger partial charge on any atom is -0.464 e. The molecule has 3 aromatic rings. The van der Waals surface area contributed by atoms with Crippen LogP contribution in [0.2, 0.25) is 0 Å². The Labute approximate surface area is 177 Å². The molecule has 0 unspecified atom stereocenters. The Morgan fingerprint density at radius 2 is 1.69 bits per heavy atom. The van der Waals surface area contributed by atoms with Gasteiger partial charge in [0.05, 0.1) is 6.54 Å². The van der Waals surface area contributed by atoms with Crippen molar-refractivity contribution in [1.82, 2.24) is 4.90 Å². The van der Waals surface area contributed by atoms with Crippen LogP contribution in [0, 0.1) is 6.92 Å². The van der Waals surface area contributed by atoms with Gasteiger partial charge in [0.15, 0.2) is 5.11 Å². The van der Waals surface area contributed by atoms with Crippen LogP contribution in [0.4, 0.5) is 5.69 Å². The summed E-state index contributed by atoms with van der Waals surface area (Å²) in [6, 6.07) is 22.2. The zero-order valence-corrected chi connectivity index (χ0v) is 17.5. The molecule has 2 aromatic carbocycles. The van der Waals surface area contributed by atoms with Crippen LogP contribution in [0.15, 0.2) is 71.1 Å². The van der Waals surface area contributed by atoms with Crippen molar-refractivity contribution in [2.24, 2.45) is 0 Å². The first-order chi connectivity index (χ1) is 14.2. The maximum absolute atomic E-state index is 5.86. The number of ether oxygens (including phenoxy) is 1. The van der Waals surface area contributed by atoms with E-state index in [9.17, 15) is 0 Å². The summed E-state index contributed by atoms with van der Waals surface area (Å²) in [7, 11) is 0. The molecule has 0 spiro atoms. The second kappa shape index (κ2) is 9.14. The van der Waals surface area contributed by atoms with Gasteiger partial charge in [-0.2, -0.15) is 0 Å². The molecule has 0 radical (unpaired) electrons. The van der Waals surface area contributed by atoms with E-state index in [1.165, 1.54) is 25.7 Å². The van der Waals surface area contributed by atoms with Crippen molar-refractivity contribution in [3.63, 3.8) is 0 Å². The maximum Gasteiger partial charge on any atom is 0.174 e. The molecule has 29 heavy (non-hydrogen) atoms. The zero-order chi connectivity index (χ0) is 20.1. The van der Waals surface area contributed by atoms with Crippen LogP contribution in [0.3, 0.4) is 0 Å². The fourth-order valence-electron chi connectivity index (χ4n) is 3.75. The van der Waals surface area contributed by atoms with Gasteiger partial charge in [-0.15, -0.1) is 0 Å². The second-order valence-corrected chi connectivity index (χ2v) is 7.83. The van der Waals surface area contributed by atoms with E-state index in [0.29, 0.717) is 12.6 Å². The molecular formula is C24H26N2O2S. The smallest absolute Gasteiger partial charge is 0.174 e. The van der Waals surface area contributed by atoms with Gasteiger partial charge in [-0.3, -0.25) is 0 Å². The van der Waals surface area contributed by atoms with E-state index in [-0.39, 0.29) is 0 Å². The lowest BCUT2D eigenvalue weighted by Gasteiger charge is -2.31. The Morgan fingerprint density at radius 3 is 2.34 bits per heavy atom. The molecule has 0 aliphatic heterocycles. The third kappa shape index (κ3) is 5.18. The second-order valence-electron chi connectivity index (χ2n) is 7.45. The molecule has 4 nitrogen and oxygen atoms in total. The van der Waals surface area contributed by atoms with Crippen LogP contribution in [0.5, 0.6) is 11.5 Å². The standard InChI is InChI=1S/C24H26N2O2S/c1-18-11-14-23(27-18)17-26(20-7-5-6-8-20)24(29)25-19-12-15-22(16-13-19)28-21-9-3-2-4-10-21/h2-4,9-16,20H,5-8,17H2,1H3,(H,25,29). The molecule has 0 saturated heterocycles. The number of hydrogen-bond donors (Lipinski definition) is 1. The van der Waals surface area contributed by atoms with Crippen LogP contribution in [0.25, 0.3) is 0 Å². The first kappa shape index (κ1) is 19.5. The molecule has 1 aromatic heterocycles. The summed E-state index contributed by atoms with van der Waals surface area (Å²) in [6.07, 6.45) is 4.86. The average molecular weight is 407 g/mol. The lowest BCUT2D eigenvalue weighted by Crippen LogP contribution is -2.40. The van der Waals surface area contributed by atoms with Crippen molar-refractivity contribution >= 4 is 23.0 Å². The lowest BCUT2D eigenvalue weighted by molar-refractivity contribution is 0.284. The predicted octanol–water partition coefficient (Wildman–Crippen LogP) is 6.52. The van der Waals surface area contributed by atoms with E-state index in [1.807, 2.05) is 73.7 Å². The van der Waals surface area contributed by atoms with Gasteiger partial charge in [0.2, 0.25) is 0 Å². The molecule has 0 amide bonds. The highest BCUT2D eigenvalue weighted by Crippen LogP contribution is 2.27. The van der Waals surface area contributed by atoms with Crippen molar-refractivity contribution in [2.75, 3.05) is 5.32 Å². The van der Waals surface area contributed by atoms with E-state index in [1.54, 1.807) is 0 Å². The number of anilines is 1. The SMILES string of the molecule is Cc1ccc(CN(C(=S)Nc2ccc(Oc3ccccc3)cc2)C2CCCC2)o1. The Bertz CT molecular complexity index is 931. The largest absolute Gasteiger partial charge is 0.464 e. The normalized spacial score (nSPS) is 14.0. The van der Waals surface area contributed by atoms with Crippen molar-refractivity contribution < 1.29 is 9.15 Å². The van der Waals surface area contributed by atoms with Crippen molar-refractivity contribution in [3.05, 3.63) is 78.3 Å². The zero-order valence-electron chi connectivity index (χ0n) is 16.6. The molecule has 0 atom stereocenters. The van der Waals surface area contributed by atoms with Crippen molar-refractivity contribution in [3.8, 4) is 11.5 Å². The monoisotopic (exact) mass is 406 g/mol. The van der Waals surface area contributed by atoms with Crippen LogP contribution in [-0.2, 0) is 6.54 Å². The average Bonchev–Trinajstić information content (AvgIpc) is 3.40. The number of hydrogen-bond acceptors (Lipinski definition) is 3. The number of benzene rings is 2. The Balaban J connectivity index is 1.42. The molecule has 4 rings (SSSR count). The summed E-state index contributed by atoms with van der Waals surface area (Å²) < 4.78 is 11.7. The van der Waals surface area contributed by atoms with E-state index in [0.717, 1.165) is 33.8 Å². The number of rotatable bonds is 6. The summed E-state index contributed by atoms with van der Waals surface area (Å²) in [6.45, 7) is 2.67. The maximum atomic E-state index is 5.86. The molecule has 0 bridgehead atoms. The number of nitrogens with zero attached hydrogens (tertiary/aromatic N) is 1. The highest BCUT2D eigenvalue weighted by atomic mass is 32.1. The van der Waals surface area contributed by atoms with E-state index in [4.69, 9.17) is 21.4 Å². The van der Waals surface area contributed by atoms with Gasteiger partial charge in [0.25, 0.3) is 0 Å². The van der Waals surface area contributed by atoms with Crippen molar-refractivity contribution in [1.29, 1.82) is 0 Å². The molecule has 5 heteroatoms. The summed E-state index contributed by atoms with van der Waals surface area (Å²) in [5.41, 5.74) is 0.953. The molecule has 1 aliphatic carbocycles. The quantitative estimate of drug-likeness (QED) is 0.472. The van der Waals surface area contributed by atoms with Gasteiger partial charge in [-0.25, -0.2) is 0 Å². The van der Waals surface area contributed by atoms with Gasteiger partial charge in [0, 0.05) is 11.7 Å². The third-order valence-electron chi connectivity index (χ3n) is 5.23. The number of aryl methyl sites for hydroxylation is 1. The molecule has 1 heterocycles. The summed E-state index contributed by atoms with van der Waals surface area (Å²) >= 11 is 5.78. The number of furan rings is 1. The van der Waals surface area contributed by atoms with Gasteiger partial charge in [-0.1, -0.05) is 31.0 Å². The number of para-hydroxylation sites is 1. The third-order valence-corrected chi connectivity index (χ3v) is 5.57. The van der Waals surface area contributed by atoms with Gasteiger partial charge in [0.1, 0.15) is 23.0 Å². The highest BCUT2D eigenvalue weighted by Gasteiger charge is 2.25. The molecule has 1 aliphatic rings. The topological polar surface area (TPSA) is 37.6 Å². The Morgan fingerprint density at radius 1 is 1.00 bits per heavy atom. The summed E-state index contributed by atoms with van der Waals surface area (Å²) in [5, 5.41) is 4.14. The fraction of sp³-hybridized carbons (Fsp3) is 0.292. The minimum atomic E-state index is 0.459. The first-order valence-electron chi connectivity index (χ1n) is 10.1. The number of thiocarbonyl (C=S) groups is 1. The fourth-order valence-corrected chi connectivity index (χ4v) is 4.08. The van der Waals surface area contributed by atoms with Gasteiger partial charge >= 0.3 is 0 Å². The van der Waals surface area contributed by atoms with Crippen LogP contribution in [-0.4, -0.2) is 16.1 Å². The minimum absolute atomic E-state index is 0.459. The van der Waals surface area contributed by atoms with E-state index < -0.39 is 0 Å². The van der Waals surface area contributed by atoms with E-state index >= 15 is 0 Å². The van der Waals surface area contributed by atoms with Crippen LogP contribution in [0.1, 0.15) is 37.2 Å². The first-order valence-corrected chi connectivity index (χ1v) is 10.5. The summed E-state index contributed by atoms with van der Waals surface area (Å²) in [4.78, 5) is 2.27. The van der Waals surface area contributed by atoms with Gasteiger partial charge in [-0.05, 0) is 80.5 Å². The molecule has 1 saturated carbocycles. The van der Waals surface area contributed by atoms with E-state index in [2.05, 4.69) is 10.2 Å². The Hall–Kier alpha value is -2.79. The van der Waals surface area contributed by atoms with Crippen molar-refractivity contribution in [2.45, 2.75) is 45.2 Å². The molecular weight excluding hydrogens is 380 g/mol. The Kier molecular flexibility index (Phi) is 6.15. The highest BCUT2D eigenvalue weighted by molar-refractivity contribution is 7.80. The number of nitrogens with one attached hydrogen (secondary N) is 1. The summed E-state index contributed by atoms with van der Waals surface area (Å²) in [5.74, 6) is 3.50. The molecule has 1 N–H and O–H groups in total. The van der Waals surface area contributed by atoms with Crippen LogP contribution < -0.4 is 10.1 Å².